The van der Waals surface area contributed by atoms with E-state index in [-0.39, 0.29) is 0 Å². The van der Waals surface area contributed by atoms with Gasteiger partial charge in [-0.25, -0.2) is 0 Å². The molecule has 1 aliphatic carbocycles. The van der Waals surface area contributed by atoms with Crippen molar-refractivity contribution in [2.24, 2.45) is 11.8 Å². The van der Waals surface area contributed by atoms with E-state index < -0.39 is 0 Å². The van der Waals surface area contributed by atoms with Gasteiger partial charge in [0.1, 0.15) is 5.75 Å². The molecule has 0 N–H and O–H groups in total. The summed E-state index contributed by atoms with van der Waals surface area (Å²) >= 11 is 0. The number of benzene rings is 1. The summed E-state index contributed by atoms with van der Waals surface area (Å²) in [5.41, 5.74) is 2.66. The van der Waals surface area contributed by atoms with E-state index in [4.69, 9.17) is 4.74 Å². The second-order valence-corrected chi connectivity index (χ2v) is 5.75. The minimum absolute atomic E-state index is 0.420. The fraction of sp³-hybridized carbons (Fsp3) is 0.625. The molecule has 0 spiro atoms. The van der Waals surface area contributed by atoms with Crippen LogP contribution >= 0.6 is 0 Å². The lowest BCUT2D eigenvalue weighted by atomic mass is 9.80. The summed E-state index contributed by atoms with van der Waals surface area (Å²) in [5, 5.41) is 0. The lowest BCUT2D eigenvalue weighted by Gasteiger charge is -2.32. The first-order valence-electron chi connectivity index (χ1n) is 6.80. The third kappa shape index (κ3) is 3.02. The molecule has 0 heterocycles. The number of hydrogen-bond acceptors (Lipinski definition) is 1. The molecule has 1 heteroatoms. The Balaban J connectivity index is 1.99. The summed E-state index contributed by atoms with van der Waals surface area (Å²) in [6, 6.07) is 6.42. The molecule has 0 aromatic heterocycles. The average Bonchev–Trinajstić information content (AvgIpc) is 2.29. The van der Waals surface area contributed by atoms with Crippen LogP contribution in [-0.2, 0) is 0 Å². The summed E-state index contributed by atoms with van der Waals surface area (Å²) in [6.45, 7) is 8.99. The van der Waals surface area contributed by atoms with Crippen LogP contribution in [0.15, 0.2) is 18.2 Å². The molecule has 0 bridgehead atoms. The minimum atomic E-state index is 0.420. The lowest BCUT2D eigenvalue weighted by Crippen LogP contribution is -2.28. The van der Waals surface area contributed by atoms with E-state index in [1.54, 1.807) is 0 Å². The van der Waals surface area contributed by atoms with Crippen LogP contribution in [0.1, 0.15) is 44.2 Å². The van der Waals surface area contributed by atoms with Gasteiger partial charge in [0.25, 0.3) is 0 Å². The van der Waals surface area contributed by atoms with Crippen LogP contribution in [0.5, 0.6) is 5.75 Å². The minimum Gasteiger partial charge on any atom is -0.490 e. The fourth-order valence-electron chi connectivity index (χ4n) is 2.58. The molecule has 0 aliphatic heterocycles. The van der Waals surface area contributed by atoms with Gasteiger partial charge in [-0.05, 0) is 68.2 Å². The third-order valence-electron chi connectivity index (χ3n) is 4.33. The van der Waals surface area contributed by atoms with Gasteiger partial charge in [0.2, 0.25) is 0 Å². The van der Waals surface area contributed by atoms with Crippen LogP contribution in [0.3, 0.4) is 0 Å². The van der Waals surface area contributed by atoms with Crippen LogP contribution in [0.4, 0.5) is 0 Å². The predicted octanol–water partition coefficient (Wildman–Crippen LogP) is 4.51. The Bertz CT molecular complexity index is 383. The molecule has 17 heavy (non-hydrogen) atoms. The van der Waals surface area contributed by atoms with E-state index >= 15 is 0 Å². The van der Waals surface area contributed by atoms with Crippen LogP contribution in [0.25, 0.3) is 0 Å². The molecule has 1 fully saturated rings. The van der Waals surface area contributed by atoms with Crippen molar-refractivity contribution >= 4 is 0 Å². The van der Waals surface area contributed by atoms with Crippen molar-refractivity contribution in [3.05, 3.63) is 29.3 Å². The zero-order valence-corrected chi connectivity index (χ0v) is 11.5. The van der Waals surface area contributed by atoms with Crippen molar-refractivity contribution in [1.82, 2.24) is 0 Å². The highest BCUT2D eigenvalue weighted by atomic mass is 16.5. The monoisotopic (exact) mass is 232 g/mol. The summed E-state index contributed by atoms with van der Waals surface area (Å²) in [5.74, 6) is 2.69. The van der Waals surface area contributed by atoms with Gasteiger partial charge < -0.3 is 4.74 Å². The maximum Gasteiger partial charge on any atom is 0.119 e. The summed E-state index contributed by atoms with van der Waals surface area (Å²) in [6.07, 6.45) is 4.13. The summed E-state index contributed by atoms with van der Waals surface area (Å²) in [7, 11) is 0. The van der Waals surface area contributed by atoms with Gasteiger partial charge >= 0.3 is 0 Å². The van der Waals surface area contributed by atoms with Gasteiger partial charge in [-0.15, -0.1) is 0 Å². The molecule has 0 saturated heterocycles. The predicted molar refractivity (Wildman–Crippen MR) is 72.5 cm³/mol. The molecule has 1 nitrogen and oxygen atoms in total. The lowest BCUT2D eigenvalue weighted by molar-refractivity contribution is 0.101. The highest BCUT2D eigenvalue weighted by Crippen LogP contribution is 2.32. The molecule has 1 aliphatic rings. The highest BCUT2D eigenvalue weighted by molar-refractivity contribution is 5.33. The zero-order chi connectivity index (χ0) is 12.4. The Hall–Kier alpha value is -0.980. The molecular formula is C16H24O. The Labute approximate surface area is 105 Å². The second kappa shape index (κ2) is 5.12. The van der Waals surface area contributed by atoms with E-state index in [1.165, 1.54) is 30.4 Å². The van der Waals surface area contributed by atoms with E-state index in [0.717, 1.165) is 17.6 Å². The number of hydrogen-bond donors (Lipinski definition) is 0. The SMILES string of the molecule is Cc1ccc(OC2CCC(C)C(C)C2)cc1C. The quantitative estimate of drug-likeness (QED) is 0.729. The van der Waals surface area contributed by atoms with E-state index in [9.17, 15) is 0 Å². The van der Waals surface area contributed by atoms with E-state index in [0.29, 0.717) is 6.10 Å². The van der Waals surface area contributed by atoms with E-state index in [2.05, 4.69) is 45.9 Å². The smallest absolute Gasteiger partial charge is 0.119 e. The van der Waals surface area contributed by atoms with Crippen molar-refractivity contribution in [3.8, 4) is 5.75 Å². The summed E-state index contributed by atoms with van der Waals surface area (Å²) < 4.78 is 6.11. The Morgan fingerprint density at radius 2 is 1.76 bits per heavy atom. The van der Waals surface area contributed by atoms with Crippen LogP contribution in [0.2, 0.25) is 0 Å². The average molecular weight is 232 g/mol. The first kappa shape index (κ1) is 12.5. The van der Waals surface area contributed by atoms with Gasteiger partial charge in [-0.3, -0.25) is 0 Å². The van der Waals surface area contributed by atoms with Gasteiger partial charge in [-0.1, -0.05) is 19.9 Å². The highest BCUT2D eigenvalue weighted by Gasteiger charge is 2.25. The third-order valence-corrected chi connectivity index (χ3v) is 4.33. The van der Waals surface area contributed by atoms with Gasteiger partial charge in [0.15, 0.2) is 0 Å². The van der Waals surface area contributed by atoms with Gasteiger partial charge in [-0.2, -0.15) is 0 Å². The second-order valence-electron chi connectivity index (χ2n) is 5.75. The Morgan fingerprint density at radius 1 is 1.00 bits per heavy atom. The largest absolute Gasteiger partial charge is 0.490 e. The van der Waals surface area contributed by atoms with Crippen molar-refractivity contribution in [2.45, 2.75) is 53.1 Å². The van der Waals surface area contributed by atoms with Crippen molar-refractivity contribution in [1.29, 1.82) is 0 Å². The molecule has 3 atom stereocenters. The fourth-order valence-corrected chi connectivity index (χ4v) is 2.58. The van der Waals surface area contributed by atoms with Crippen molar-refractivity contribution in [3.63, 3.8) is 0 Å². The molecule has 1 saturated carbocycles. The molecule has 3 unspecified atom stereocenters. The van der Waals surface area contributed by atoms with Crippen LogP contribution < -0.4 is 4.74 Å². The maximum atomic E-state index is 6.11. The number of rotatable bonds is 2. The zero-order valence-electron chi connectivity index (χ0n) is 11.5. The Kier molecular flexibility index (Phi) is 3.76. The standard InChI is InChI=1S/C16H24O/c1-11-5-7-15(9-13(11)3)17-16-8-6-12(2)14(4)10-16/h5,7,9,12,14,16H,6,8,10H2,1-4H3. The topological polar surface area (TPSA) is 9.23 Å². The van der Waals surface area contributed by atoms with Crippen molar-refractivity contribution in [2.75, 3.05) is 0 Å². The molecule has 0 radical (unpaired) electrons. The van der Waals surface area contributed by atoms with Crippen LogP contribution in [0, 0.1) is 25.7 Å². The molecule has 0 amide bonds. The molecule has 94 valence electrons. The first-order chi connectivity index (χ1) is 8.06. The van der Waals surface area contributed by atoms with Crippen LogP contribution in [-0.4, -0.2) is 6.10 Å². The van der Waals surface area contributed by atoms with Gasteiger partial charge in [0.05, 0.1) is 6.10 Å². The number of ether oxygens (including phenoxy) is 1. The van der Waals surface area contributed by atoms with E-state index in [1.807, 2.05) is 0 Å². The summed E-state index contributed by atoms with van der Waals surface area (Å²) in [4.78, 5) is 0. The number of aryl methyl sites for hydroxylation is 2. The normalized spacial score (nSPS) is 29.1. The Morgan fingerprint density at radius 3 is 2.41 bits per heavy atom. The molecule has 1 aromatic carbocycles. The molecule has 2 rings (SSSR count). The molecular weight excluding hydrogens is 208 g/mol. The maximum absolute atomic E-state index is 6.11. The van der Waals surface area contributed by atoms with Gasteiger partial charge in [0, 0.05) is 0 Å². The van der Waals surface area contributed by atoms with Crippen molar-refractivity contribution < 1.29 is 4.74 Å². The first-order valence-corrected chi connectivity index (χ1v) is 6.80. The molecule has 1 aromatic rings.